The summed E-state index contributed by atoms with van der Waals surface area (Å²) in [5.74, 6) is 0.421. The second-order valence-electron chi connectivity index (χ2n) is 8.62. The molecule has 1 unspecified atom stereocenters. The van der Waals surface area contributed by atoms with Gasteiger partial charge in [0.05, 0.1) is 17.1 Å². The summed E-state index contributed by atoms with van der Waals surface area (Å²) in [5.41, 5.74) is 4.61. The third kappa shape index (κ3) is 3.55. The van der Waals surface area contributed by atoms with Crippen molar-refractivity contribution in [2.24, 2.45) is 5.41 Å². The Morgan fingerprint density at radius 3 is 2.59 bits per heavy atom. The van der Waals surface area contributed by atoms with Crippen LogP contribution in [0.4, 0.5) is 0 Å². The Balaban J connectivity index is 1.33. The molecule has 27 heavy (non-hydrogen) atoms. The highest BCUT2D eigenvalue weighted by molar-refractivity contribution is 7.07. The molecular weight excluding hydrogens is 354 g/mol. The number of rotatable bonds is 4. The van der Waals surface area contributed by atoms with Crippen LogP contribution in [0.1, 0.15) is 49.3 Å². The lowest BCUT2D eigenvalue weighted by Gasteiger charge is -2.50. The van der Waals surface area contributed by atoms with E-state index in [9.17, 15) is 4.79 Å². The summed E-state index contributed by atoms with van der Waals surface area (Å²) >= 11 is 1.68. The number of amides is 1. The predicted octanol–water partition coefficient (Wildman–Crippen LogP) is 3.90. The fourth-order valence-corrected chi connectivity index (χ4v) is 5.51. The Morgan fingerprint density at radius 2 is 1.93 bits per heavy atom. The molecular formula is C22H27N3OS. The van der Waals surface area contributed by atoms with Gasteiger partial charge in [0.15, 0.2) is 0 Å². The van der Waals surface area contributed by atoms with Crippen LogP contribution in [0, 0.1) is 5.41 Å². The Morgan fingerprint density at radius 1 is 1.15 bits per heavy atom. The maximum absolute atomic E-state index is 13.2. The molecule has 0 N–H and O–H groups in total. The third-order valence-electron chi connectivity index (χ3n) is 6.70. The largest absolute Gasteiger partial charge is 0.339 e. The normalized spacial score (nSPS) is 25.9. The first kappa shape index (κ1) is 17.4. The van der Waals surface area contributed by atoms with Gasteiger partial charge in [0.2, 0.25) is 5.91 Å². The van der Waals surface area contributed by atoms with Crippen LogP contribution < -0.4 is 0 Å². The number of hydrogen-bond donors (Lipinski definition) is 0. The molecule has 3 heterocycles. The molecule has 3 aliphatic rings. The van der Waals surface area contributed by atoms with Gasteiger partial charge in [-0.1, -0.05) is 30.3 Å². The van der Waals surface area contributed by atoms with Crippen LogP contribution in [0.5, 0.6) is 0 Å². The van der Waals surface area contributed by atoms with E-state index in [2.05, 4.69) is 44.4 Å². The summed E-state index contributed by atoms with van der Waals surface area (Å²) in [6.07, 6.45) is 5.79. The van der Waals surface area contributed by atoms with Crippen LogP contribution in [0.2, 0.25) is 0 Å². The minimum atomic E-state index is 0.0469. The first-order valence-corrected chi connectivity index (χ1v) is 11.1. The van der Waals surface area contributed by atoms with E-state index in [1.165, 1.54) is 36.9 Å². The Kier molecular flexibility index (Phi) is 4.52. The number of nitrogens with zero attached hydrogens (tertiary/aromatic N) is 3. The lowest BCUT2D eigenvalue weighted by Crippen LogP contribution is -2.54. The summed E-state index contributed by atoms with van der Waals surface area (Å²) in [5, 5.41) is 2.16. The van der Waals surface area contributed by atoms with Crippen molar-refractivity contribution in [2.75, 3.05) is 19.6 Å². The minimum Gasteiger partial charge on any atom is -0.339 e. The van der Waals surface area contributed by atoms with E-state index < -0.39 is 0 Å². The molecule has 142 valence electrons. The molecule has 1 aromatic heterocycles. The van der Waals surface area contributed by atoms with E-state index in [0.29, 0.717) is 11.9 Å². The average Bonchev–Trinajstić information content (AvgIpc) is 3.43. The summed E-state index contributed by atoms with van der Waals surface area (Å²) in [4.78, 5) is 22.4. The van der Waals surface area contributed by atoms with Crippen LogP contribution in [-0.4, -0.2) is 46.4 Å². The third-order valence-corrected chi connectivity index (χ3v) is 7.33. The molecule has 5 heteroatoms. The summed E-state index contributed by atoms with van der Waals surface area (Å²) in [6.45, 7) is 4.18. The van der Waals surface area contributed by atoms with Crippen molar-refractivity contribution in [1.82, 2.24) is 14.8 Å². The van der Waals surface area contributed by atoms with E-state index in [1.54, 1.807) is 11.3 Å². The number of hydrogen-bond acceptors (Lipinski definition) is 4. The molecule has 2 saturated heterocycles. The van der Waals surface area contributed by atoms with Crippen molar-refractivity contribution in [1.29, 1.82) is 0 Å². The number of carbonyl (C=O) groups excluding carboxylic acids is 1. The zero-order valence-corrected chi connectivity index (χ0v) is 16.5. The van der Waals surface area contributed by atoms with Gasteiger partial charge < -0.3 is 4.90 Å². The monoisotopic (exact) mass is 381 g/mol. The highest BCUT2D eigenvalue weighted by Gasteiger charge is 2.49. The number of thiazole rings is 1. The number of piperidine rings is 2. The molecule has 1 amide bonds. The van der Waals surface area contributed by atoms with Gasteiger partial charge >= 0.3 is 0 Å². The Hall–Kier alpha value is -1.72. The van der Waals surface area contributed by atoms with Crippen LogP contribution >= 0.6 is 11.3 Å². The van der Waals surface area contributed by atoms with E-state index >= 15 is 0 Å². The van der Waals surface area contributed by atoms with Crippen molar-refractivity contribution in [3.63, 3.8) is 0 Å². The lowest BCUT2D eigenvalue weighted by molar-refractivity contribution is -0.142. The Labute approximate surface area is 165 Å². The summed E-state index contributed by atoms with van der Waals surface area (Å²) in [6, 6.07) is 11.0. The molecule has 3 fully saturated rings. The Bertz CT molecular complexity index is 779. The second kappa shape index (κ2) is 7.02. The van der Waals surface area contributed by atoms with E-state index in [-0.39, 0.29) is 11.3 Å². The zero-order valence-electron chi connectivity index (χ0n) is 15.7. The number of likely N-dealkylation sites (tertiary alicyclic amines) is 2. The highest BCUT2D eigenvalue weighted by Crippen LogP contribution is 2.48. The summed E-state index contributed by atoms with van der Waals surface area (Å²) in [7, 11) is 0. The zero-order chi connectivity index (χ0) is 18.3. The molecule has 1 saturated carbocycles. The lowest BCUT2D eigenvalue weighted by atomic mass is 9.67. The van der Waals surface area contributed by atoms with E-state index in [1.807, 2.05) is 11.6 Å². The van der Waals surface area contributed by atoms with Gasteiger partial charge in [-0.2, -0.15) is 0 Å². The first-order valence-electron chi connectivity index (χ1n) is 10.2. The van der Waals surface area contributed by atoms with Crippen molar-refractivity contribution >= 4 is 17.2 Å². The standard InChI is InChI=1S/C22H27N3OS/c26-21-20(17-4-2-1-3-5-17)12-22(15-25(21)19-6-7-19)8-10-24(11-9-22)13-18-14-27-16-23-18/h1-5,14,16,19-20H,6-13,15H2. The summed E-state index contributed by atoms with van der Waals surface area (Å²) < 4.78 is 0. The van der Waals surface area contributed by atoms with Gasteiger partial charge in [-0.05, 0) is 56.2 Å². The smallest absolute Gasteiger partial charge is 0.230 e. The molecule has 1 atom stereocenters. The molecule has 2 aromatic rings. The van der Waals surface area contributed by atoms with E-state index in [0.717, 1.165) is 32.6 Å². The molecule has 4 nitrogen and oxygen atoms in total. The fourth-order valence-electron chi connectivity index (χ4n) is 4.96. The van der Waals surface area contributed by atoms with Crippen molar-refractivity contribution in [3.05, 3.63) is 52.5 Å². The van der Waals surface area contributed by atoms with Crippen LogP contribution in [0.25, 0.3) is 0 Å². The molecule has 2 aliphatic heterocycles. The van der Waals surface area contributed by atoms with Crippen molar-refractivity contribution in [3.8, 4) is 0 Å². The maximum Gasteiger partial charge on any atom is 0.230 e. The van der Waals surface area contributed by atoms with Gasteiger partial charge in [0.25, 0.3) is 0 Å². The number of benzene rings is 1. The fraction of sp³-hybridized carbons (Fsp3) is 0.545. The van der Waals surface area contributed by atoms with Crippen LogP contribution in [-0.2, 0) is 11.3 Å². The average molecular weight is 382 g/mol. The van der Waals surface area contributed by atoms with Crippen LogP contribution in [0.15, 0.2) is 41.2 Å². The highest BCUT2D eigenvalue weighted by atomic mass is 32.1. The molecule has 1 aliphatic carbocycles. The molecule has 5 rings (SSSR count). The first-order chi connectivity index (χ1) is 13.2. The van der Waals surface area contributed by atoms with E-state index in [4.69, 9.17) is 0 Å². The molecule has 0 bridgehead atoms. The number of aromatic nitrogens is 1. The maximum atomic E-state index is 13.2. The van der Waals surface area contributed by atoms with Gasteiger partial charge in [-0.15, -0.1) is 11.3 Å². The molecule has 1 aromatic carbocycles. The quantitative estimate of drug-likeness (QED) is 0.806. The number of carbonyl (C=O) groups is 1. The van der Waals surface area contributed by atoms with Gasteiger partial charge in [-0.3, -0.25) is 9.69 Å². The van der Waals surface area contributed by atoms with Gasteiger partial charge in [0.1, 0.15) is 0 Å². The van der Waals surface area contributed by atoms with Gasteiger partial charge in [0, 0.05) is 24.5 Å². The predicted molar refractivity (Wildman–Crippen MR) is 108 cm³/mol. The molecule has 0 radical (unpaired) electrons. The second-order valence-corrected chi connectivity index (χ2v) is 9.34. The van der Waals surface area contributed by atoms with Gasteiger partial charge in [-0.25, -0.2) is 4.98 Å². The SMILES string of the molecule is O=C1C(c2ccccc2)CC2(CCN(Cc3cscn3)CC2)CN1C1CC1. The van der Waals surface area contributed by atoms with Crippen LogP contribution in [0.3, 0.4) is 0 Å². The molecule has 1 spiro atoms. The minimum absolute atomic E-state index is 0.0469. The van der Waals surface area contributed by atoms with Crippen molar-refractivity contribution in [2.45, 2.75) is 50.6 Å². The van der Waals surface area contributed by atoms with Crippen molar-refractivity contribution < 1.29 is 4.79 Å². The topological polar surface area (TPSA) is 36.4 Å².